The predicted octanol–water partition coefficient (Wildman–Crippen LogP) is 0.825. The van der Waals surface area contributed by atoms with Gasteiger partial charge in [-0.1, -0.05) is 18.2 Å². The molecule has 0 fully saturated rings. The number of rotatable bonds is 0. The SMILES string of the molecule is [c]1cccc2cnnnc12. The maximum Gasteiger partial charge on any atom is 0.104 e. The summed E-state index contributed by atoms with van der Waals surface area (Å²) in [6, 6.07) is 8.56. The number of hydrogen-bond acceptors (Lipinski definition) is 3. The Hall–Kier alpha value is -1.51. The molecule has 3 heteroatoms. The zero-order valence-electron chi connectivity index (χ0n) is 5.15. The summed E-state index contributed by atoms with van der Waals surface area (Å²) in [5.41, 5.74) is 0.762. The molecule has 0 atom stereocenters. The smallest absolute Gasteiger partial charge is 0.104 e. The van der Waals surface area contributed by atoms with Crippen LogP contribution in [0.5, 0.6) is 0 Å². The van der Waals surface area contributed by atoms with E-state index in [-0.39, 0.29) is 0 Å². The minimum absolute atomic E-state index is 0.762. The fourth-order valence-electron chi connectivity index (χ4n) is 0.790. The van der Waals surface area contributed by atoms with Crippen molar-refractivity contribution in [2.24, 2.45) is 0 Å². The van der Waals surface area contributed by atoms with E-state index in [1.165, 1.54) is 0 Å². The van der Waals surface area contributed by atoms with Crippen LogP contribution in [0.2, 0.25) is 0 Å². The molecule has 2 aromatic rings. The van der Waals surface area contributed by atoms with Gasteiger partial charge < -0.3 is 0 Å². The number of aromatic nitrogens is 3. The minimum atomic E-state index is 0.762. The van der Waals surface area contributed by atoms with Gasteiger partial charge in [0.05, 0.1) is 6.20 Å². The van der Waals surface area contributed by atoms with Crippen LogP contribution in [0.15, 0.2) is 24.4 Å². The molecule has 0 aliphatic rings. The summed E-state index contributed by atoms with van der Waals surface area (Å²) in [7, 11) is 0. The van der Waals surface area contributed by atoms with Crippen molar-refractivity contribution in [1.29, 1.82) is 0 Å². The van der Waals surface area contributed by atoms with Crippen molar-refractivity contribution in [1.82, 2.24) is 15.4 Å². The van der Waals surface area contributed by atoms with E-state index in [0.29, 0.717) is 0 Å². The van der Waals surface area contributed by atoms with Gasteiger partial charge in [-0.25, -0.2) is 0 Å². The van der Waals surface area contributed by atoms with Crippen molar-refractivity contribution in [3.8, 4) is 0 Å². The number of benzene rings is 1. The molecule has 0 aliphatic carbocycles. The van der Waals surface area contributed by atoms with Gasteiger partial charge in [0, 0.05) is 11.5 Å². The molecule has 0 bridgehead atoms. The molecule has 2 rings (SSSR count). The summed E-state index contributed by atoms with van der Waals surface area (Å²) >= 11 is 0. The average Bonchev–Trinajstić information content (AvgIpc) is 2.05. The first-order chi connectivity index (χ1) is 4.97. The van der Waals surface area contributed by atoms with Crippen LogP contribution in [0.1, 0.15) is 0 Å². The van der Waals surface area contributed by atoms with E-state index in [4.69, 9.17) is 0 Å². The molecule has 1 heterocycles. The number of fused-ring (bicyclic) bond motifs is 1. The summed E-state index contributed by atoms with van der Waals surface area (Å²) in [5, 5.41) is 11.8. The summed E-state index contributed by atoms with van der Waals surface area (Å²) in [6.45, 7) is 0. The van der Waals surface area contributed by atoms with E-state index in [1.807, 2.05) is 12.1 Å². The van der Waals surface area contributed by atoms with Crippen molar-refractivity contribution in [2.45, 2.75) is 0 Å². The highest BCUT2D eigenvalue weighted by Gasteiger charge is 1.89. The van der Waals surface area contributed by atoms with Gasteiger partial charge in [0.2, 0.25) is 0 Å². The zero-order chi connectivity index (χ0) is 6.81. The highest BCUT2D eigenvalue weighted by molar-refractivity contribution is 5.75. The first-order valence-electron chi connectivity index (χ1n) is 2.91. The molecule has 0 unspecified atom stereocenters. The second-order valence-corrected chi connectivity index (χ2v) is 1.91. The largest absolute Gasteiger partial charge is 0.138 e. The van der Waals surface area contributed by atoms with Crippen LogP contribution in [-0.4, -0.2) is 15.4 Å². The first-order valence-corrected chi connectivity index (χ1v) is 2.91. The van der Waals surface area contributed by atoms with Gasteiger partial charge in [0.15, 0.2) is 0 Å². The van der Waals surface area contributed by atoms with Crippen LogP contribution in [0.25, 0.3) is 10.9 Å². The second-order valence-electron chi connectivity index (χ2n) is 1.91. The van der Waals surface area contributed by atoms with E-state index >= 15 is 0 Å². The van der Waals surface area contributed by atoms with Crippen molar-refractivity contribution >= 4 is 10.9 Å². The molecule has 0 spiro atoms. The number of hydrogen-bond donors (Lipinski definition) is 0. The van der Waals surface area contributed by atoms with E-state index in [9.17, 15) is 0 Å². The molecule has 1 aromatic heterocycles. The molecule has 0 saturated heterocycles. The second kappa shape index (κ2) is 2.02. The monoisotopic (exact) mass is 130 g/mol. The van der Waals surface area contributed by atoms with Crippen LogP contribution in [0.3, 0.4) is 0 Å². The van der Waals surface area contributed by atoms with Crippen LogP contribution in [0, 0.1) is 6.07 Å². The molecular weight excluding hydrogens is 126 g/mol. The van der Waals surface area contributed by atoms with Crippen molar-refractivity contribution in [3.05, 3.63) is 30.5 Å². The van der Waals surface area contributed by atoms with E-state index in [2.05, 4.69) is 21.5 Å². The van der Waals surface area contributed by atoms with Gasteiger partial charge in [-0.3, -0.25) is 0 Å². The summed E-state index contributed by atoms with van der Waals surface area (Å²) in [6.07, 6.45) is 1.67. The normalized spacial score (nSPS) is 10.0. The zero-order valence-corrected chi connectivity index (χ0v) is 5.15. The predicted molar refractivity (Wildman–Crippen MR) is 36.2 cm³/mol. The first kappa shape index (κ1) is 5.29. The Kier molecular flexibility index (Phi) is 1.07. The molecular formula is C7H4N3. The Morgan fingerprint density at radius 2 is 2.40 bits per heavy atom. The van der Waals surface area contributed by atoms with Gasteiger partial charge in [-0.2, -0.15) is 0 Å². The topological polar surface area (TPSA) is 38.7 Å². The molecule has 1 radical (unpaired) electrons. The molecule has 0 aliphatic heterocycles. The van der Waals surface area contributed by atoms with Crippen LogP contribution >= 0.6 is 0 Å². The van der Waals surface area contributed by atoms with E-state index in [0.717, 1.165) is 10.9 Å². The Labute approximate surface area is 57.7 Å². The van der Waals surface area contributed by atoms with Gasteiger partial charge in [0.1, 0.15) is 5.52 Å². The number of nitrogens with zero attached hydrogens (tertiary/aromatic N) is 3. The molecule has 10 heavy (non-hydrogen) atoms. The average molecular weight is 130 g/mol. The third-order valence-electron chi connectivity index (χ3n) is 1.26. The van der Waals surface area contributed by atoms with Gasteiger partial charge in [-0.15, -0.1) is 10.2 Å². The van der Waals surface area contributed by atoms with E-state index in [1.54, 1.807) is 12.3 Å². The quantitative estimate of drug-likeness (QED) is 0.530. The molecule has 0 amide bonds. The molecule has 0 N–H and O–H groups in total. The fourth-order valence-corrected chi connectivity index (χ4v) is 0.790. The molecule has 47 valence electrons. The lowest BCUT2D eigenvalue weighted by Gasteiger charge is -1.88. The Morgan fingerprint density at radius 3 is 3.30 bits per heavy atom. The van der Waals surface area contributed by atoms with Crippen LogP contribution in [0.4, 0.5) is 0 Å². The third kappa shape index (κ3) is 0.719. The lowest BCUT2D eigenvalue weighted by Crippen LogP contribution is -1.85. The maximum absolute atomic E-state index is 3.76. The molecule has 3 nitrogen and oxygen atoms in total. The maximum atomic E-state index is 3.76. The summed E-state index contributed by atoms with van der Waals surface area (Å²) < 4.78 is 0. The Morgan fingerprint density at radius 1 is 1.40 bits per heavy atom. The van der Waals surface area contributed by atoms with Crippen molar-refractivity contribution in [2.75, 3.05) is 0 Å². The van der Waals surface area contributed by atoms with Gasteiger partial charge >= 0.3 is 0 Å². The lowest BCUT2D eigenvalue weighted by atomic mass is 10.2. The highest BCUT2D eigenvalue weighted by Crippen LogP contribution is 2.04. The summed E-state index contributed by atoms with van der Waals surface area (Å²) in [5.74, 6) is 0. The fraction of sp³-hybridized carbons (Fsp3) is 0. The Bertz CT molecular complexity index is 280. The van der Waals surface area contributed by atoms with Gasteiger partial charge in [-0.05, 0) is 5.21 Å². The standard InChI is InChI=1S/C7H4N3/c1-2-4-7-6(3-1)5-8-10-9-7/h1-3,5H. The van der Waals surface area contributed by atoms with Crippen LogP contribution < -0.4 is 0 Å². The van der Waals surface area contributed by atoms with Crippen LogP contribution in [-0.2, 0) is 0 Å². The van der Waals surface area contributed by atoms with Crippen molar-refractivity contribution in [3.63, 3.8) is 0 Å². The molecule has 0 saturated carbocycles. The highest BCUT2D eigenvalue weighted by atomic mass is 15.3. The lowest BCUT2D eigenvalue weighted by molar-refractivity contribution is 0.895. The van der Waals surface area contributed by atoms with E-state index < -0.39 is 0 Å². The van der Waals surface area contributed by atoms with Crippen molar-refractivity contribution < 1.29 is 0 Å². The minimum Gasteiger partial charge on any atom is -0.138 e. The van der Waals surface area contributed by atoms with Gasteiger partial charge in [0.25, 0.3) is 0 Å². The Balaban J connectivity index is 2.89. The third-order valence-corrected chi connectivity index (χ3v) is 1.26. The molecule has 1 aromatic carbocycles. The summed E-state index contributed by atoms with van der Waals surface area (Å²) in [4.78, 5) is 0.